The summed E-state index contributed by atoms with van der Waals surface area (Å²) in [5, 5.41) is 26.3. The van der Waals surface area contributed by atoms with E-state index in [1.807, 2.05) is 24.3 Å². The number of nitrogens with zero attached hydrogens (tertiary/aromatic N) is 1. The van der Waals surface area contributed by atoms with Gasteiger partial charge in [-0.15, -0.1) is 0 Å². The molecule has 0 saturated heterocycles. The van der Waals surface area contributed by atoms with Gasteiger partial charge in [0.05, 0.1) is 18.8 Å². The van der Waals surface area contributed by atoms with Gasteiger partial charge in [0.15, 0.2) is 0 Å². The molecule has 9 N–H and O–H groups in total. The minimum absolute atomic E-state index is 0.0762. The van der Waals surface area contributed by atoms with E-state index in [0.717, 1.165) is 16.5 Å². The molecule has 4 unspecified atom stereocenters. The number of para-hydroxylation sites is 1. The predicted molar refractivity (Wildman–Crippen MR) is 142 cm³/mol. The van der Waals surface area contributed by atoms with Gasteiger partial charge >= 0.3 is 11.9 Å². The molecular formula is C24H29N7O7S. The number of imidazole rings is 1. The van der Waals surface area contributed by atoms with Crippen LogP contribution >= 0.6 is 12.6 Å². The SMILES string of the molecule is NC(Cc1c[nH]c2ccccc12)C(=O)NC(Cc1cnc[nH]1)C(=O)NC(CC(=O)O)C(=O)NC(CS)C(=O)O. The van der Waals surface area contributed by atoms with Crippen molar-refractivity contribution in [1.29, 1.82) is 0 Å². The number of carboxylic acids is 2. The Morgan fingerprint density at radius 3 is 2.23 bits per heavy atom. The summed E-state index contributed by atoms with van der Waals surface area (Å²) < 4.78 is 0. The number of hydrogen-bond donors (Lipinski definition) is 9. The fraction of sp³-hybridized carbons (Fsp3) is 0.333. The van der Waals surface area contributed by atoms with Crippen LogP contribution in [0, 0.1) is 0 Å². The lowest BCUT2D eigenvalue weighted by atomic mass is 10.0. The van der Waals surface area contributed by atoms with Crippen molar-refractivity contribution < 1.29 is 34.2 Å². The van der Waals surface area contributed by atoms with Crippen LogP contribution in [-0.2, 0) is 36.8 Å². The van der Waals surface area contributed by atoms with Crippen LogP contribution in [0.2, 0.25) is 0 Å². The van der Waals surface area contributed by atoms with Gasteiger partial charge in [0.2, 0.25) is 17.7 Å². The van der Waals surface area contributed by atoms with Gasteiger partial charge in [0, 0.05) is 41.2 Å². The number of benzene rings is 1. The van der Waals surface area contributed by atoms with Gasteiger partial charge in [0.25, 0.3) is 0 Å². The minimum atomic E-state index is -1.63. The molecule has 0 saturated carbocycles. The highest BCUT2D eigenvalue weighted by molar-refractivity contribution is 7.80. The van der Waals surface area contributed by atoms with Gasteiger partial charge in [-0.2, -0.15) is 12.6 Å². The molecule has 3 aromatic rings. The van der Waals surface area contributed by atoms with Crippen molar-refractivity contribution in [1.82, 2.24) is 30.9 Å². The zero-order valence-electron chi connectivity index (χ0n) is 20.6. The lowest BCUT2D eigenvalue weighted by molar-refractivity contribution is -0.143. The second-order valence-corrected chi connectivity index (χ2v) is 9.12. The Morgan fingerprint density at radius 2 is 1.59 bits per heavy atom. The Balaban J connectivity index is 1.74. The van der Waals surface area contributed by atoms with Crippen molar-refractivity contribution in [2.75, 3.05) is 5.75 Å². The summed E-state index contributed by atoms with van der Waals surface area (Å²) in [6, 6.07) is 2.16. The number of carbonyl (C=O) groups is 5. The number of amides is 3. The van der Waals surface area contributed by atoms with Gasteiger partial charge in [0.1, 0.15) is 18.1 Å². The summed E-state index contributed by atoms with van der Waals surface area (Å²) in [6.07, 6.45) is 3.81. The van der Waals surface area contributed by atoms with Crippen molar-refractivity contribution in [3.8, 4) is 0 Å². The fourth-order valence-electron chi connectivity index (χ4n) is 3.85. The average Bonchev–Trinajstić information content (AvgIpc) is 3.56. The molecule has 15 heteroatoms. The summed E-state index contributed by atoms with van der Waals surface area (Å²) in [6.45, 7) is 0. The predicted octanol–water partition coefficient (Wildman–Crippen LogP) is -1.05. The number of hydrogen-bond acceptors (Lipinski definition) is 8. The molecule has 0 spiro atoms. The second kappa shape index (κ2) is 13.4. The Kier molecular flexibility index (Phi) is 10.1. The van der Waals surface area contributed by atoms with Crippen molar-refractivity contribution in [3.05, 3.63) is 54.2 Å². The first-order valence-electron chi connectivity index (χ1n) is 11.8. The topological polar surface area (TPSA) is 232 Å². The average molecular weight is 560 g/mol. The molecule has 2 heterocycles. The zero-order chi connectivity index (χ0) is 28.5. The molecule has 39 heavy (non-hydrogen) atoms. The van der Waals surface area contributed by atoms with Crippen LogP contribution in [0.3, 0.4) is 0 Å². The summed E-state index contributed by atoms with van der Waals surface area (Å²) in [4.78, 5) is 71.2. The largest absolute Gasteiger partial charge is 0.481 e. The molecular weight excluding hydrogens is 530 g/mol. The van der Waals surface area contributed by atoms with Gasteiger partial charge < -0.3 is 41.9 Å². The maximum Gasteiger partial charge on any atom is 0.327 e. The number of aliphatic carboxylic acids is 2. The van der Waals surface area contributed by atoms with E-state index in [-0.39, 0.29) is 18.6 Å². The number of nitrogens with one attached hydrogen (secondary N) is 5. The monoisotopic (exact) mass is 559 g/mol. The Morgan fingerprint density at radius 1 is 0.923 bits per heavy atom. The van der Waals surface area contributed by atoms with E-state index in [1.54, 1.807) is 6.20 Å². The molecule has 0 fully saturated rings. The highest BCUT2D eigenvalue weighted by Crippen LogP contribution is 2.18. The molecule has 14 nitrogen and oxygen atoms in total. The maximum absolute atomic E-state index is 13.2. The van der Waals surface area contributed by atoms with Crippen LogP contribution < -0.4 is 21.7 Å². The first-order chi connectivity index (χ1) is 18.6. The van der Waals surface area contributed by atoms with E-state index >= 15 is 0 Å². The number of nitrogens with two attached hydrogens (primary N) is 1. The number of H-pyrrole nitrogens is 2. The highest BCUT2D eigenvalue weighted by Gasteiger charge is 2.31. The van der Waals surface area contributed by atoms with E-state index < -0.39 is 60.2 Å². The molecule has 0 radical (unpaired) electrons. The number of carbonyl (C=O) groups excluding carboxylic acids is 3. The van der Waals surface area contributed by atoms with Crippen molar-refractivity contribution in [2.45, 2.75) is 43.4 Å². The van der Waals surface area contributed by atoms with Crippen molar-refractivity contribution in [3.63, 3.8) is 0 Å². The van der Waals surface area contributed by atoms with Crippen LogP contribution in [0.5, 0.6) is 0 Å². The molecule has 0 bridgehead atoms. The second-order valence-electron chi connectivity index (χ2n) is 8.75. The number of carboxylic acid groups (broad SMARTS) is 2. The van der Waals surface area contributed by atoms with E-state index in [2.05, 4.69) is 43.5 Å². The lowest BCUT2D eigenvalue weighted by Gasteiger charge is -2.24. The van der Waals surface area contributed by atoms with Crippen LogP contribution in [0.25, 0.3) is 10.9 Å². The first kappa shape index (κ1) is 29.2. The van der Waals surface area contributed by atoms with Gasteiger partial charge in [-0.05, 0) is 18.1 Å². The molecule has 3 amide bonds. The van der Waals surface area contributed by atoms with Crippen molar-refractivity contribution >= 4 is 53.2 Å². The van der Waals surface area contributed by atoms with E-state index in [0.29, 0.717) is 5.69 Å². The van der Waals surface area contributed by atoms with E-state index in [4.69, 9.17) is 10.8 Å². The standard InChI is InChI=1S/C24H29N7O7S/c25-15(5-12-8-27-16-4-2-1-3-14(12)16)21(34)29-17(6-13-9-26-11-28-13)22(35)30-18(7-20(32)33)23(36)31-19(10-39)24(37)38/h1-4,8-9,11,15,17-19,27,39H,5-7,10,25H2,(H,26,28)(H,29,34)(H,30,35)(H,31,36)(H,32,33)(H,37,38). The first-order valence-corrected chi connectivity index (χ1v) is 12.5. The van der Waals surface area contributed by atoms with Crippen LogP contribution in [0.15, 0.2) is 43.0 Å². The van der Waals surface area contributed by atoms with Crippen LogP contribution in [0.1, 0.15) is 17.7 Å². The molecule has 1 aromatic carbocycles. The molecule has 3 rings (SSSR count). The third-order valence-corrected chi connectivity index (χ3v) is 6.24. The van der Waals surface area contributed by atoms with Gasteiger partial charge in [-0.25, -0.2) is 9.78 Å². The Hall–Kier alpha value is -4.37. The number of aromatic nitrogens is 3. The molecule has 0 aliphatic heterocycles. The highest BCUT2D eigenvalue weighted by atomic mass is 32.1. The van der Waals surface area contributed by atoms with Crippen molar-refractivity contribution in [2.24, 2.45) is 5.73 Å². The van der Waals surface area contributed by atoms with Gasteiger partial charge in [-0.1, -0.05) is 18.2 Å². The molecule has 208 valence electrons. The fourth-order valence-corrected chi connectivity index (χ4v) is 4.10. The molecule has 2 aromatic heterocycles. The molecule has 4 atom stereocenters. The van der Waals surface area contributed by atoms with E-state index in [9.17, 15) is 29.1 Å². The van der Waals surface area contributed by atoms with Gasteiger partial charge in [-0.3, -0.25) is 19.2 Å². The minimum Gasteiger partial charge on any atom is -0.481 e. The summed E-state index contributed by atoms with van der Waals surface area (Å²) in [5.74, 6) is -5.62. The summed E-state index contributed by atoms with van der Waals surface area (Å²) in [7, 11) is 0. The summed E-state index contributed by atoms with van der Waals surface area (Å²) >= 11 is 3.86. The normalized spacial score (nSPS) is 14.1. The number of rotatable bonds is 14. The smallest absolute Gasteiger partial charge is 0.327 e. The Bertz CT molecular complexity index is 1330. The third-order valence-electron chi connectivity index (χ3n) is 5.87. The zero-order valence-corrected chi connectivity index (χ0v) is 21.5. The van der Waals surface area contributed by atoms with Crippen LogP contribution in [-0.4, -0.2) is 84.7 Å². The third kappa shape index (κ3) is 8.05. The number of fused-ring (bicyclic) bond motifs is 1. The van der Waals surface area contributed by atoms with E-state index in [1.165, 1.54) is 12.5 Å². The maximum atomic E-state index is 13.2. The lowest BCUT2D eigenvalue weighted by Crippen LogP contribution is -2.58. The summed E-state index contributed by atoms with van der Waals surface area (Å²) in [5.41, 5.74) is 8.31. The number of thiol groups is 1. The molecule has 0 aliphatic rings. The van der Waals surface area contributed by atoms with Crippen LogP contribution in [0.4, 0.5) is 0 Å². The molecule has 0 aliphatic carbocycles. The Labute approximate surface area is 227 Å². The quantitative estimate of drug-likeness (QED) is 0.109. The number of aromatic amines is 2.